The van der Waals surface area contributed by atoms with E-state index in [-0.39, 0.29) is 6.04 Å². The quantitative estimate of drug-likeness (QED) is 0.925. The number of nitrogens with two attached hydrogens (primary N) is 1. The van der Waals surface area contributed by atoms with Gasteiger partial charge in [-0.15, -0.1) is 0 Å². The van der Waals surface area contributed by atoms with E-state index >= 15 is 0 Å². The highest BCUT2D eigenvalue weighted by atomic mass is 16.3. The Morgan fingerprint density at radius 3 is 3.05 bits per heavy atom. The highest BCUT2D eigenvalue weighted by molar-refractivity contribution is 5.81. The van der Waals surface area contributed by atoms with E-state index in [0.29, 0.717) is 6.54 Å². The number of furan rings is 1. The summed E-state index contributed by atoms with van der Waals surface area (Å²) in [6, 6.07) is 8.53. The van der Waals surface area contributed by atoms with Crippen molar-refractivity contribution >= 4 is 11.0 Å². The zero-order valence-electron chi connectivity index (χ0n) is 12.2. The Morgan fingerprint density at radius 1 is 1.40 bits per heavy atom. The number of para-hydroxylation sites is 1. The molecule has 1 aromatic carbocycles. The maximum absolute atomic E-state index is 6.09. The minimum atomic E-state index is 0.285. The summed E-state index contributed by atoms with van der Waals surface area (Å²) in [5.74, 6) is 0.816. The number of fused-ring (bicyclic) bond motifs is 1. The van der Waals surface area contributed by atoms with Gasteiger partial charge in [-0.3, -0.25) is 4.90 Å². The Kier molecular flexibility index (Phi) is 4.08. The highest BCUT2D eigenvalue weighted by Gasteiger charge is 2.27. The summed E-state index contributed by atoms with van der Waals surface area (Å²) in [6.07, 6.45) is 5.80. The Labute approximate surface area is 120 Å². The van der Waals surface area contributed by atoms with Crippen molar-refractivity contribution in [3.63, 3.8) is 0 Å². The highest BCUT2D eigenvalue weighted by Crippen LogP contribution is 2.32. The minimum absolute atomic E-state index is 0.285. The van der Waals surface area contributed by atoms with Gasteiger partial charge in [-0.25, -0.2) is 0 Å². The van der Waals surface area contributed by atoms with E-state index < -0.39 is 0 Å². The van der Waals surface area contributed by atoms with Crippen molar-refractivity contribution < 1.29 is 4.42 Å². The molecule has 1 aliphatic heterocycles. The van der Waals surface area contributed by atoms with Gasteiger partial charge in [-0.1, -0.05) is 31.5 Å². The normalized spacial score (nSPS) is 22.2. The van der Waals surface area contributed by atoms with E-state index in [4.69, 9.17) is 10.2 Å². The van der Waals surface area contributed by atoms with E-state index in [1.807, 2.05) is 18.4 Å². The van der Waals surface area contributed by atoms with Crippen LogP contribution in [0.3, 0.4) is 0 Å². The van der Waals surface area contributed by atoms with Gasteiger partial charge in [0, 0.05) is 24.0 Å². The summed E-state index contributed by atoms with van der Waals surface area (Å²) in [6.45, 7) is 5.26. The van der Waals surface area contributed by atoms with E-state index in [2.05, 4.69) is 24.0 Å². The molecule has 0 aliphatic carbocycles. The molecule has 0 spiro atoms. The lowest BCUT2D eigenvalue weighted by Gasteiger charge is -2.37. The molecule has 2 atom stereocenters. The maximum Gasteiger partial charge on any atom is 0.134 e. The van der Waals surface area contributed by atoms with Crippen molar-refractivity contribution in [2.45, 2.75) is 32.2 Å². The second kappa shape index (κ2) is 5.98. The fourth-order valence-corrected chi connectivity index (χ4v) is 3.44. The van der Waals surface area contributed by atoms with E-state index in [9.17, 15) is 0 Å². The van der Waals surface area contributed by atoms with E-state index in [0.717, 1.165) is 24.6 Å². The van der Waals surface area contributed by atoms with Gasteiger partial charge in [0.25, 0.3) is 0 Å². The predicted octanol–water partition coefficient (Wildman–Crippen LogP) is 3.55. The van der Waals surface area contributed by atoms with Crippen molar-refractivity contribution in [1.82, 2.24) is 4.90 Å². The number of benzene rings is 1. The summed E-state index contributed by atoms with van der Waals surface area (Å²) in [5.41, 5.74) is 8.30. The van der Waals surface area contributed by atoms with Crippen LogP contribution < -0.4 is 5.73 Å². The second-order valence-electron chi connectivity index (χ2n) is 5.85. The van der Waals surface area contributed by atoms with Gasteiger partial charge in [0.2, 0.25) is 0 Å². The average molecular weight is 272 g/mol. The molecule has 1 fully saturated rings. The molecule has 2 heterocycles. The molecule has 1 saturated heterocycles. The molecular weight excluding hydrogens is 248 g/mol. The Morgan fingerprint density at radius 2 is 2.25 bits per heavy atom. The molecule has 0 amide bonds. The number of hydrogen-bond donors (Lipinski definition) is 1. The van der Waals surface area contributed by atoms with E-state index in [1.54, 1.807) is 0 Å². The number of likely N-dealkylation sites (tertiary alicyclic amines) is 1. The van der Waals surface area contributed by atoms with Gasteiger partial charge in [0.15, 0.2) is 0 Å². The van der Waals surface area contributed by atoms with Crippen LogP contribution in [-0.2, 0) is 0 Å². The third-order valence-electron chi connectivity index (χ3n) is 4.66. The Bertz CT molecular complexity index is 563. The lowest BCUT2D eigenvalue weighted by molar-refractivity contribution is 0.124. The number of nitrogens with zero attached hydrogens (tertiary/aromatic N) is 1. The SMILES string of the molecule is CCC1CCCN(C(CN)c2coc3ccccc23)C1. The molecular formula is C17H24N2O. The molecule has 1 aromatic heterocycles. The van der Waals surface area contributed by atoms with E-state index in [1.165, 1.54) is 30.2 Å². The molecule has 20 heavy (non-hydrogen) atoms. The molecule has 1 aliphatic rings. The molecule has 0 radical (unpaired) electrons. The molecule has 2 unspecified atom stereocenters. The van der Waals surface area contributed by atoms with Crippen LogP contribution in [0.4, 0.5) is 0 Å². The van der Waals surface area contributed by atoms with Crippen molar-refractivity contribution in [2.24, 2.45) is 11.7 Å². The largest absolute Gasteiger partial charge is 0.464 e. The molecule has 3 rings (SSSR count). The number of hydrogen-bond acceptors (Lipinski definition) is 3. The fraction of sp³-hybridized carbons (Fsp3) is 0.529. The van der Waals surface area contributed by atoms with Gasteiger partial charge >= 0.3 is 0 Å². The fourth-order valence-electron chi connectivity index (χ4n) is 3.44. The average Bonchev–Trinajstić information content (AvgIpc) is 2.93. The zero-order valence-corrected chi connectivity index (χ0v) is 12.2. The van der Waals surface area contributed by atoms with Crippen molar-refractivity contribution in [2.75, 3.05) is 19.6 Å². The second-order valence-corrected chi connectivity index (χ2v) is 5.85. The molecule has 2 aromatic rings. The van der Waals surface area contributed by atoms with Crippen LogP contribution in [0.2, 0.25) is 0 Å². The zero-order chi connectivity index (χ0) is 13.9. The lowest BCUT2D eigenvalue weighted by atomic mass is 9.93. The molecule has 3 nitrogen and oxygen atoms in total. The van der Waals surface area contributed by atoms with Gasteiger partial charge in [0.1, 0.15) is 5.58 Å². The summed E-state index contributed by atoms with van der Waals surface area (Å²) in [7, 11) is 0. The molecule has 3 heteroatoms. The molecule has 0 saturated carbocycles. The standard InChI is InChI=1S/C17H24N2O/c1-2-13-6-5-9-19(11-13)16(10-18)15-12-20-17-8-4-3-7-14(15)17/h3-4,7-8,12-13,16H,2,5-6,9-11,18H2,1H3. The maximum atomic E-state index is 6.09. The summed E-state index contributed by atoms with van der Waals surface area (Å²) in [4.78, 5) is 2.55. The van der Waals surface area contributed by atoms with Gasteiger partial charge in [-0.05, 0) is 31.4 Å². The van der Waals surface area contributed by atoms with Crippen LogP contribution in [0.25, 0.3) is 11.0 Å². The van der Waals surface area contributed by atoms with Crippen molar-refractivity contribution in [3.05, 3.63) is 36.1 Å². The topological polar surface area (TPSA) is 42.4 Å². The van der Waals surface area contributed by atoms with Crippen LogP contribution >= 0.6 is 0 Å². The monoisotopic (exact) mass is 272 g/mol. The van der Waals surface area contributed by atoms with Crippen LogP contribution in [-0.4, -0.2) is 24.5 Å². The summed E-state index contributed by atoms with van der Waals surface area (Å²) < 4.78 is 5.69. The van der Waals surface area contributed by atoms with Crippen LogP contribution in [0, 0.1) is 5.92 Å². The third kappa shape index (κ3) is 2.48. The summed E-state index contributed by atoms with van der Waals surface area (Å²) >= 11 is 0. The lowest BCUT2D eigenvalue weighted by Crippen LogP contribution is -2.40. The third-order valence-corrected chi connectivity index (χ3v) is 4.66. The smallest absolute Gasteiger partial charge is 0.134 e. The molecule has 2 N–H and O–H groups in total. The van der Waals surface area contributed by atoms with Crippen LogP contribution in [0.5, 0.6) is 0 Å². The van der Waals surface area contributed by atoms with Crippen LogP contribution in [0.1, 0.15) is 37.8 Å². The molecule has 0 bridgehead atoms. The van der Waals surface area contributed by atoms with Gasteiger partial charge in [0.05, 0.1) is 12.3 Å². The molecule has 108 valence electrons. The van der Waals surface area contributed by atoms with Crippen molar-refractivity contribution in [3.8, 4) is 0 Å². The van der Waals surface area contributed by atoms with Gasteiger partial charge in [-0.2, -0.15) is 0 Å². The first kappa shape index (κ1) is 13.7. The first-order valence-electron chi connectivity index (χ1n) is 7.73. The summed E-state index contributed by atoms with van der Waals surface area (Å²) in [5, 5.41) is 1.21. The predicted molar refractivity (Wildman–Crippen MR) is 82.6 cm³/mol. The minimum Gasteiger partial charge on any atom is -0.464 e. The number of piperidine rings is 1. The first-order chi connectivity index (χ1) is 9.83. The Hall–Kier alpha value is -1.32. The first-order valence-corrected chi connectivity index (χ1v) is 7.73. The Balaban J connectivity index is 1.89. The van der Waals surface area contributed by atoms with Crippen molar-refractivity contribution in [1.29, 1.82) is 0 Å². The number of rotatable bonds is 4. The van der Waals surface area contributed by atoms with Crippen LogP contribution in [0.15, 0.2) is 34.9 Å². The van der Waals surface area contributed by atoms with Gasteiger partial charge < -0.3 is 10.2 Å².